The van der Waals surface area contributed by atoms with E-state index in [2.05, 4.69) is 15.9 Å². The van der Waals surface area contributed by atoms with Crippen molar-refractivity contribution in [3.8, 4) is 23.0 Å². The Balaban J connectivity index is 1.49. The van der Waals surface area contributed by atoms with Crippen molar-refractivity contribution < 1.29 is 28.5 Å². The third kappa shape index (κ3) is 4.53. The second-order valence-electron chi connectivity index (χ2n) is 6.92. The van der Waals surface area contributed by atoms with Gasteiger partial charge in [0.05, 0.1) is 19.8 Å². The summed E-state index contributed by atoms with van der Waals surface area (Å²) < 4.78 is 22.9. The summed E-state index contributed by atoms with van der Waals surface area (Å²) in [4.78, 5) is 25.1. The van der Waals surface area contributed by atoms with Crippen molar-refractivity contribution in [3.63, 3.8) is 0 Å². The Bertz CT molecular complexity index is 1210. The van der Waals surface area contributed by atoms with Gasteiger partial charge in [-0.2, -0.15) is 0 Å². The van der Waals surface area contributed by atoms with Crippen molar-refractivity contribution in [2.45, 2.75) is 0 Å². The number of Topliss-reactive ketones (excluding diaryl/α,β-unsaturated/α-hetero) is 2. The van der Waals surface area contributed by atoms with Crippen LogP contribution >= 0.6 is 15.9 Å². The number of hydrogen-bond acceptors (Lipinski definition) is 6. The molecular formula is C25H19BrO6. The zero-order valence-corrected chi connectivity index (χ0v) is 19.0. The molecule has 0 bridgehead atoms. The van der Waals surface area contributed by atoms with Gasteiger partial charge in [-0.3, -0.25) is 9.59 Å². The fourth-order valence-corrected chi connectivity index (χ4v) is 3.47. The predicted molar refractivity (Wildman–Crippen MR) is 123 cm³/mol. The Morgan fingerprint density at radius 3 is 2.44 bits per heavy atom. The van der Waals surface area contributed by atoms with Crippen LogP contribution in [-0.4, -0.2) is 32.4 Å². The number of halogens is 1. The number of ether oxygens (including phenoxy) is 4. The molecule has 32 heavy (non-hydrogen) atoms. The van der Waals surface area contributed by atoms with Gasteiger partial charge in [0, 0.05) is 27.7 Å². The molecule has 1 aliphatic heterocycles. The molecule has 0 unspecified atom stereocenters. The Hall–Kier alpha value is -3.58. The van der Waals surface area contributed by atoms with E-state index in [0.29, 0.717) is 39.7 Å². The van der Waals surface area contributed by atoms with Crippen LogP contribution in [0, 0.1) is 0 Å². The number of rotatable bonds is 7. The quantitative estimate of drug-likeness (QED) is 0.326. The zero-order chi connectivity index (χ0) is 22.7. The fraction of sp³-hybridized carbons (Fsp3) is 0.120. The molecule has 162 valence electrons. The highest BCUT2D eigenvalue weighted by atomic mass is 79.9. The third-order valence-electron chi connectivity index (χ3n) is 4.90. The third-order valence-corrected chi connectivity index (χ3v) is 5.43. The van der Waals surface area contributed by atoms with Gasteiger partial charge in [0.2, 0.25) is 5.78 Å². The van der Waals surface area contributed by atoms with Crippen LogP contribution in [0.25, 0.3) is 6.08 Å². The summed E-state index contributed by atoms with van der Waals surface area (Å²) >= 11 is 3.34. The second kappa shape index (κ2) is 9.28. The highest BCUT2D eigenvalue weighted by Gasteiger charge is 2.28. The lowest BCUT2D eigenvalue weighted by molar-refractivity contribution is 0.0921. The molecule has 0 fully saturated rings. The largest absolute Gasteiger partial charge is 0.497 e. The minimum atomic E-state index is -0.240. The Morgan fingerprint density at radius 1 is 0.969 bits per heavy atom. The number of hydrogen-bond donors (Lipinski definition) is 0. The van der Waals surface area contributed by atoms with E-state index in [-0.39, 0.29) is 23.9 Å². The molecule has 1 heterocycles. The molecule has 7 heteroatoms. The van der Waals surface area contributed by atoms with Gasteiger partial charge < -0.3 is 18.9 Å². The monoisotopic (exact) mass is 494 g/mol. The van der Waals surface area contributed by atoms with Crippen LogP contribution in [0.2, 0.25) is 0 Å². The van der Waals surface area contributed by atoms with Crippen molar-refractivity contribution >= 4 is 33.6 Å². The molecule has 1 aliphatic rings. The van der Waals surface area contributed by atoms with E-state index in [0.717, 1.165) is 4.47 Å². The lowest BCUT2D eigenvalue weighted by atomic mass is 10.1. The lowest BCUT2D eigenvalue weighted by Gasteiger charge is -2.08. The van der Waals surface area contributed by atoms with Crippen LogP contribution in [0.5, 0.6) is 23.0 Å². The zero-order valence-electron chi connectivity index (χ0n) is 17.4. The number of ketones is 2. The predicted octanol–water partition coefficient (Wildman–Crippen LogP) is 5.34. The minimum Gasteiger partial charge on any atom is -0.497 e. The van der Waals surface area contributed by atoms with E-state index in [1.165, 1.54) is 0 Å². The molecule has 0 aliphatic carbocycles. The van der Waals surface area contributed by atoms with Crippen LogP contribution in [0.15, 0.2) is 70.9 Å². The number of carbonyl (C=O) groups is 2. The van der Waals surface area contributed by atoms with Gasteiger partial charge in [-0.25, -0.2) is 0 Å². The summed E-state index contributed by atoms with van der Waals surface area (Å²) in [6, 6.07) is 17.2. The molecule has 3 aromatic carbocycles. The molecule has 0 atom stereocenters. The SMILES string of the molecule is COc1ccc(/C=C2\Oc3cc(OCC(=O)c4ccc(Br)cc4)ccc3C2=O)c(OC)c1. The van der Waals surface area contributed by atoms with E-state index in [9.17, 15) is 9.59 Å². The standard InChI is InChI=1S/C25H19BrO6/c1-29-18-8-5-16(22(12-18)30-2)11-24-25(28)20-10-9-19(13-23(20)32-24)31-14-21(27)15-3-6-17(26)7-4-15/h3-13H,14H2,1-2H3/b24-11-. The second-order valence-corrected chi connectivity index (χ2v) is 7.84. The van der Waals surface area contributed by atoms with Gasteiger partial charge in [0.15, 0.2) is 18.1 Å². The molecule has 0 amide bonds. The van der Waals surface area contributed by atoms with Crippen LogP contribution in [-0.2, 0) is 0 Å². The van der Waals surface area contributed by atoms with E-state index in [1.54, 1.807) is 81.0 Å². The molecule has 0 aromatic heterocycles. The molecule has 0 N–H and O–H groups in total. The van der Waals surface area contributed by atoms with E-state index in [1.807, 2.05) is 0 Å². The minimum absolute atomic E-state index is 0.125. The first-order valence-corrected chi connectivity index (χ1v) is 10.5. The summed E-state index contributed by atoms with van der Waals surface area (Å²) in [5, 5.41) is 0. The summed E-state index contributed by atoms with van der Waals surface area (Å²) in [6.07, 6.45) is 1.62. The first kappa shape index (κ1) is 21.6. The van der Waals surface area contributed by atoms with Crippen molar-refractivity contribution in [2.75, 3.05) is 20.8 Å². The van der Waals surface area contributed by atoms with Crippen molar-refractivity contribution in [1.29, 1.82) is 0 Å². The summed E-state index contributed by atoms with van der Waals surface area (Å²) in [5.41, 5.74) is 1.66. The molecule has 0 saturated heterocycles. The molecule has 0 radical (unpaired) electrons. The van der Waals surface area contributed by atoms with Gasteiger partial charge in [-0.15, -0.1) is 0 Å². The summed E-state index contributed by atoms with van der Waals surface area (Å²) in [6.45, 7) is -0.125. The van der Waals surface area contributed by atoms with Gasteiger partial charge >= 0.3 is 0 Å². The molecule has 0 spiro atoms. The van der Waals surface area contributed by atoms with E-state index >= 15 is 0 Å². The fourth-order valence-electron chi connectivity index (χ4n) is 3.20. The van der Waals surface area contributed by atoms with Gasteiger partial charge in [-0.05, 0) is 42.5 Å². The Morgan fingerprint density at radius 2 is 1.72 bits per heavy atom. The topological polar surface area (TPSA) is 71.1 Å². The van der Waals surface area contributed by atoms with Crippen molar-refractivity contribution in [2.24, 2.45) is 0 Å². The van der Waals surface area contributed by atoms with Gasteiger partial charge in [-0.1, -0.05) is 28.1 Å². The number of carbonyl (C=O) groups excluding carboxylic acids is 2. The maximum absolute atomic E-state index is 12.8. The van der Waals surface area contributed by atoms with Crippen LogP contribution in [0.4, 0.5) is 0 Å². The summed E-state index contributed by atoms with van der Waals surface area (Å²) in [7, 11) is 3.11. The van der Waals surface area contributed by atoms with Gasteiger partial charge in [0.1, 0.15) is 23.0 Å². The lowest BCUT2D eigenvalue weighted by Crippen LogP contribution is -2.11. The van der Waals surface area contributed by atoms with Crippen LogP contribution < -0.4 is 18.9 Å². The van der Waals surface area contributed by atoms with Crippen LogP contribution in [0.3, 0.4) is 0 Å². The maximum atomic E-state index is 12.8. The number of allylic oxidation sites excluding steroid dienone is 1. The van der Waals surface area contributed by atoms with Crippen LogP contribution in [0.1, 0.15) is 26.3 Å². The Labute approximate surface area is 193 Å². The number of fused-ring (bicyclic) bond motifs is 1. The number of benzene rings is 3. The van der Waals surface area contributed by atoms with E-state index < -0.39 is 0 Å². The first-order chi connectivity index (χ1) is 15.5. The van der Waals surface area contributed by atoms with Crippen molar-refractivity contribution in [1.82, 2.24) is 0 Å². The first-order valence-electron chi connectivity index (χ1n) is 9.70. The molecule has 0 saturated carbocycles. The molecular weight excluding hydrogens is 476 g/mol. The van der Waals surface area contributed by atoms with E-state index in [4.69, 9.17) is 18.9 Å². The van der Waals surface area contributed by atoms with Gasteiger partial charge in [0.25, 0.3) is 0 Å². The summed E-state index contributed by atoms with van der Waals surface area (Å²) in [5.74, 6) is 1.79. The average molecular weight is 495 g/mol. The maximum Gasteiger partial charge on any atom is 0.231 e. The Kier molecular flexibility index (Phi) is 6.28. The highest BCUT2D eigenvalue weighted by Crippen LogP contribution is 2.36. The molecule has 3 aromatic rings. The average Bonchev–Trinajstić information content (AvgIpc) is 3.12. The normalized spacial score (nSPS) is 13.5. The van der Waals surface area contributed by atoms with Crippen molar-refractivity contribution in [3.05, 3.63) is 87.6 Å². The highest BCUT2D eigenvalue weighted by molar-refractivity contribution is 9.10. The molecule has 6 nitrogen and oxygen atoms in total. The molecule has 4 rings (SSSR count). The number of methoxy groups -OCH3 is 2. The smallest absolute Gasteiger partial charge is 0.231 e.